The van der Waals surface area contributed by atoms with Gasteiger partial charge in [0.25, 0.3) is 0 Å². The highest BCUT2D eigenvalue weighted by Gasteiger charge is 2.14. The summed E-state index contributed by atoms with van der Waals surface area (Å²) in [6, 6.07) is 0.212. The number of imidazole rings is 1. The van der Waals surface area contributed by atoms with Gasteiger partial charge in [-0.2, -0.15) is 0 Å². The summed E-state index contributed by atoms with van der Waals surface area (Å²) in [5.74, 6) is 0. The summed E-state index contributed by atoms with van der Waals surface area (Å²) >= 11 is 0. The van der Waals surface area contributed by atoms with Gasteiger partial charge in [0.2, 0.25) is 0 Å². The van der Waals surface area contributed by atoms with Crippen LogP contribution in [-0.4, -0.2) is 31.6 Å². The molecule has 0 aliphatic rings. The molecule has 0 radical (unpaired) electrons. The van der Waals surface area contributed by atoms with E-state index in [9.17, 15) is 0 Å². The molecule has 0 amide bonds. The first kappa shape index (κ1) is 10.8. The molecule has 86 valence electrons. The van der Waals surface area contributed by atoms with E-state index < -0.39 is 0 Å². The van der Waals surface area contributed by atoms with E-state index in [1.165, 1.54) is 0 Å². The monoisotopic (exact) mass is 220 g/mol. The molecule has 1 unspecified atom stereocenters. The van der Waals surface area contributed by atoms with Gasteiger partial charge >= 0.3 is 0 Å². The molecule has 2 aromatic heterocycles. The molecule has 0 aliphatic carbocycles. The maximum Gasteiger partial charge on any atom is 0.0946 e. The molecule has 0 spiro atoms. The zero-order chi connectivity index (χ0) is 11.5. The van der Waals surface area contributed by atoms with Gasteiger partial charge in [-0.15, -0.1) is 5.10 Å². The Labute approximate surface area is 94.3 Å². The van der Waals surface area contributed by atoms with Crippen molar-refractivity contribution in [3.8, 4) is 0 Å². The molecule has 6 heteroatoms. The van der Waals surface area contributed by atoms with Gasteiger partial charge in [-0.3, -0.25) is 4.68 Å². The Bertz CT molecular complexity index is 457. The molecular formula is C10H16N6. The Kier molecular flexibility index (Phi) is 3.00. The summed E-state index contributed by atoms with van der Waals surface area (Å²) in [6.45, 7) is 0. The summed E-state index contributed by atoms with van der Waals surface area (Å²) in [5, 5.41) is 11.3. The highest BCUT2D eigenvalue weighted by molar-refractivity contribution is 5.09. The van der Waals surface area contributed by atoms with Gasteiger partial charge in [0.05, 0.1) is 23.8 Å². The fourth-order valence-electron chi connectivity index (χ4n) is 1.76. The van der Waals surface area contributed by atoms with E-state index in [0.29, 0.717) is 0 Å². The fourth-order valence-corrected chi connectivity index (χ4v) is 1.76. The normalized spacial score (nSPS) is 12.9. The Morgan fingerprint density at radius 2 is 2.25 bits per heavy atom. The lowest BCUT2D eigenvalue weighted by atomic mass is 10.1. The smallest absolute Gasteiger partial charge is 0.0946 e. The third-order valence-corrected chi connectivity index (χ3v) is 2.62. The van der Waals surface area contributed by atoms with E-state index in [1.54, 1.807) is 11.0 Å². The molecule has 6 nitrogen and oxygen atoms in total. The second kappa shape index (κ2) is 4.44. The lowest BCUT2D eigenvalue weighted by Gasteiger charge is -2.14. The number of aromatic nitrogens is 5. The van der Waals surface area contributed by atoms with Gasteiger partial charge in [0.1, 0.15) is 0 Å². The molecule has 1 N–H and O–H groups in total. The van der Waals surface area contributed by atoms with E-state index in [2.05, 4.69) is 20.6 Å². The minimum Gasteiger partial charge on any atom is -0.336 e. The van der Waals surface area contributed by atoms with Crippen LogP contribution in [0.25, 0.3) is 0 Å². The summed E-state index contributed by atoms with van der Waals surface area (Å²) in [4.78, 5) is 4.12. The van der Waals surface area contributed by atoms with Crippen LogP contribution in [-0.2, 0) is 20.5 Å². The summed E-state index contributed by atoms with van der Waals surface area (Å²) < 4.78 is 3.73. The first-order valence-electron chi connectivity index (χ1n) is 5.19. The van der Waals surface area contributed by atoms with Crippen LogP contribution in [0.1, 0.15) is 17.4 Å². The van der Waals surface area contributed by atoms with E-state index >= 15 is 0 Å². The van der Waals surface area contributed by atoms with Crippen molar-refractivity contribution in [3.63, 3.8) is 0 Å². The molecule has 0 aliphatic heterocycles. The summed E-state index contributed by atoms with van der Waals surface area (Å²) in [7, 11) is 5.80. The van der Waals surface area contributed by atoms with Crippen molar-refractivity contribution in [3.05, 3.63) is 30.1 Å². The van der Waals surface area contributed by atoms with Crippen LogP contribution < -0.4 is 5.32 Å². The van der Waals surface area contributed by atoms with Gasteiger partial charge in [-0.05, 0) is 7.05 Å². The zero-order valence-electron chi connectivity index (χ0n) is 9.75. The molecule has 0 fully saturated rings. The van der Waals surface area contributed by atoms with Crippen LogP contribution in [0.5, 0.6) is 0 Å². The number of aryl methyl sites for hydroxylation is 2. The van der Waals surface area contributed by atoms with Crippen molar-refractivity contribution >= 4 is 0 Å². The molecule has 0 aromatic carbocycles. The predicted octanol–water partition coefficient (Wildman–Crippen LogP) is 0.0518. The summed E-state index contributed by atoms with van der Waals surface area (Å²) in [6.07, 6.45) is 6.42. The standard InChI is InChI=1S/C10H16N6/c1-11-9(10-5-12-7-15(10)2)4-8-6-16(3)14-13-8/h5-7,9,11H,4H2,1-3H3. The van der Waals surface area contributed by atoms with Gasteiger partial charge in [0.15, 0.2) is 0 Å². The van der Waals surface area contributed by atoms with Crippen LogP contribution in [0.15, 0.2) is 18.7 Å². The van der Waals surface area contributed by atoms with Crippen LogP contribution in [0.4, 0.5) is 0 Å². The Balaban J connectivity index is 2.15. The SMILES string of the molecule is CNC(Cc1cn(C)nn1)c1cncn1C. The molecular weight excluding hydrogens is 204 g/mol. The maximum absolute atomic E-state index is 4.12. The van der Waals surface area contributed by atoms with Crippen LogP contribution in [0, 0.1) is 0 Å². The molecule has 1 atom stereocenters. The van der Waals surface area contributed by atoms with Gasteiger partial charge in [0, 0.05) is 32.9 Å². The fraction of sp³-hybridized carbons (Fsp3) is 0.500. The van der Waals surface area contributed by atoms with Crippen LogP contribution >= 0.6 is 0 Å². The zero-order valence-corrected chi connectivity index (χ0v) is 9.75. The van der Waals surface area contributed by atoms with Crippen molar-refractivity contribution in [2.24, 2.45) is 14.1 Å². The average Bonchev–Trinajstić information content (AvgIpc) is 2.84. The van der Waals surface area contributed by atoms with Crippen molar-refractivity contribution in [2.75, 3.05) is 7.05 Å². The van der Waals surface area contributed by atoms with E-state index in [1.807, 2.05) is 38.1 Å². The van der Waals surface area contributed by atoms with Gasteiger partial charge < -0.3 is 9.88 Å². The maximum atomic E-state index is 4.12. The van der Waals surface area contributed by atoms with Crippen molar-refractivity contribution in [1.29, 1.82) is 0 Å². The molecule has 0 bridgehead atoms. The van der Waals surface area contributed by atoms with Gasteiger partial charge in [-0.25, -0.2) is 4.98 Å². The van der Waals surface area contributed by atoms with E-state index in [4.69, 9.17) is 0 Å². The number of hydrogen-bond donors (Lipinski definition) is 1. The molecule has 2 rings (SSSR count). The largest absolute Gasteiger partial charge is 0.336 e. The van der Waals surface area contributed by atoms with Gasteiger partial charge in [-0.1, -0.05) is 5.21 Å². The number of hydrogen-bond acceptors (Lipinski definition) is 4. The lowest BCUT2D eigenvalue weighted by Crippen LogP contribution is -2.21. The first-order chi connectivity index (χ1) is 7.70. The quantitative estimate of drug-likeness (QED) is 0.791. The molecule has 0 saturated heterocycles. The lowest BCUT2D eigenvalue weighted by molar-refractivity contribution is 0.548. The number of likely N-dealkylation sites (N-methyl/N-ethyl adjacent to an activating group) is 1. The molecule has 0 saturated carbocycles. The summed E-state index contributed by atoms with van der Waals surface area (Å²) in [5.41, 5.74) is 2.12. The van der Waals surface area contributed by atoms with Crippen LogP contribution in [0.2, 0.25) is 0 Å². The van der Waals surface area contributed by atoms with Crippen molar-refractivity contribution < 1.29 is 0 Å². The molecule has 16 heavy (non-hydrogen) atoms. The second-order valence-electron chi connectivity index (χ2n) is 3.86. The highest BCUT2D eigenvalue weighted by Crippen LogP contribution is 2.15. The molecule has 2 aromatic rings. The predicted molar refractivity (Wildman–Crippen MR) is 59.7 cm³/mol. The second-order valence-corrected chi connectivity index (χ2v) is 3.86. The Morgan fingerprint density at radius 3 is 2.75 bits per heavy atom. The first-order valence-corrected chi connectivity index (χ1v) is 5.19. The number of rotatable bonds is 4. The van der Waals surface area contributed by atoms with Crippen LogP contribution in [0.3, 0.4) is 0 Å². The topological polar surface area (TPSA) is 60.6 Å². The third-order valence-electron chi connectivity index (χ3n) is 2.62. The van der Waals surface area contributed by atoms with Crippen molar-refractivity contribution in [2.45, 2.75) is 12.5 Å². The minimum absolute atomic E-state index is 0.212. The number of nitrogens with zero attached hydrogens (tertiary/aromatic N) is 5. The Hall–Kier alpha value is -1.69. The van der Waals surface area contributed by atoms with E-state index in [0.717, 1.165) is 17.8 Å². The van der Waals surface area contributed by atoms with E-state index in [-0.39, 0.29) is 6.04 Å². The highest BCUT2D eigenvalue weighted by atomic mass is 15.4. The Morgan fingerprint density at radius 1 is 1.44 bits per heavy atom. The van der Waals surface area contributed by atoms with Crippen molar-refractivity contribution in [1.82, 2.24) is 29.9 Å². The third kappa shape index (κ3) is 2.11. The average molecular weight is 220 g/mol. The molecule has 2 heterocycles. The number of nitrogens with one attached hydrogen (secondary N) is 1. The minimum atomic E-state index is 0.212.